The summed E-state index contributed by atoms with van der Waals surface area (Å²) in [6.45, 7) is 0.112. The Balaban J connectivity index is 2.36. The zero-order valence-electron chi connectivity index (χ0n) is 10.1. The summed E-state index contributed by atoms with van der Waals surface area (Å²) in [6.07, 6.45) is 1.92. The molecule has 0 radical (unpaired) electrons. The molecular formula is C14H14F2N2O. The third-order valence-corrected chi connectivity index (χ3v) is 3.07. The number of hydrogen-bond donors (Lipinski definition) is 2. The van der Waals surface area contributed by atoms with Crippen molar-refractivity contribution in [2.45, 2.75) is 12.0 Å². The van der Waals surface area contributed by atoms with Gasteiger partial charge >= 0.3 is 0 Å². The van der Waals surface area contributed by atoms with Crippen LogP contribution in [0, 0.1) is 11.6 Å². The molecule has 1 aromatic carbocycles. The van der Waals surface area contributed by atoms with Crippen molar-refractivity contribution < 1.29 is 13.9 Å². The molecule has 0 spiro atoms. The number of aliphatic hydroxyl groups excluding tert-OH is 1. The summed E-state index contributed by atoms with van der Waals surface area (Å²) in [4.78, 5) is 3.87. The third kappa shape index (κ3) is 2.77. The van der Waals surface area contributed by atoms with Gasteiger partial charge in [-0.15, -0.1) is 0 Å². The monoisotopic (exact) mass is 264 g/mol. The fraction of sp³-hybridized carbons (Fsp3) is 0.214. The van der Waals surface area contributed by atoms with Gasteiger partial charge in [-0.3, -0.25) is 4.98 Å². The molecule has 0 saturated carbocycles. The summed E-state index contributed by atoms with van der Waals surface area (Å²) >= 11 is 0. The molecule has 1 heterocycles. The molecule has 2 unspecified atom stereocenters. The van der Waals surface area contributed by atoms with E-state index in [2.05, 4.69) is 4.98 Å². The van der Waals surface area contributed by atoms with E-state index in [1.807, 2.05) is 0 Å². The van der Waals surface area contributed by atoms with Crippen molar-refractivity contribution in [1.29, 1.82) is 0 Å². The van der Waals surface area contributed by atoms with Crippen LogP contribution in [0.3, 0.4) is 0 Å². The normalized spacial score (nSPS) is 14.1. The van der Waals surface area contributed by atoms with Crippen LogP contribution in [0.4, 0.5) is 8.78 Å². The third-order valence-electron chi connectivity index (χ3n) is 3.07. The van der Waals surface area contributed by atoms with E-state index in [0.29, 0.717) is 0 Å². The lowest BCUT2D eigenvalue weighted by Gasteiger charge is -2.22. The second-order valence-electron chi connectivity index (χ2n) is 4.21. The van der Waals surface area contributed by atoms with Crippen LogP contribution in [0.5, 0.6) is 0 Å². The molecule has 2 aromatic rings. The summed E-state index contributed by atoms with van der Waals surface area (Å²) in [6, 6.07) is 7.11. The number of nitrogens with zero attached hydrogens (tertiary/aromatic N) is 1. The highest BCUT2D eigenvalue weighted by Gasteiger charge is 2.25. The van der Waals surface area contributed by atoms with E-state index in [1.54, 1.807) is 24.5 Å². The lowest BCUT2D eigenvalue weighted by Crippen LogP contribution is -2.21. The van der Waals surface area contributed by atoms with E-state index < -0.39 is 23.7 Å². The molecule has 3 nitrogen and oxygen atoms in total. The van der Waals surface area contributed by atoms with Gasteiger partial charge in [0.1, 0.15) is 0 Å². The van der Waals surface area contributed by atoms with Gasteiger partial charge < -0.3 is 10.8 Å². The topological polar surface area (TPSA) is 59.1 Å². The lowest BCUT2D eigenvalue weighted by atomic mass is 9.89. The maximum Gasteiger partial charge on any atom is 0.164 e. The first-order valence-electron chi connectivity index (χ1n) is 5.87. The number of hydrogen-bond acceptors (Lipinski definition) is 3. The Labute approximate surface area is 109 Å². The molecule has 0 amide bonds. The molecule has 5 heteroatoms. The minimum absolute atomic E-state index is 0.0905. The van der Waals surface area contributed by atoms with Crippen LogP contribution < -0.4 is 5.73 Å². The van der Waals surface area contributed by atoms with Gasteiger partial charge in [-0.1, -0.05) is 12.1 Å². The minimum atomic E-state index is -1.21. The molecule has 100 valence electrons. The van der Waals surface area contributed by atoms with Crippen LogP contribution in [-0.4, -0.2) is 16.6 Å². The first-order chi connectivity index (χ1) is 9.15. The van der Waals surface area contributed by atoms with Gasteiger partial charge in [-0.25, -0.2) is 8.78 Å². The number of halogens is 2. The highest BCUT2D eigenvalue weighted by atomic mass is 19.2. The number of benzene rings is 1. The maximum atomic E-state index is 13.7. The Bertz CT molecular complexity index is 548. The Kier molecular flexibility index (Phi) is 4.19. The smallest absolute Gasteiger partial charge is 0.164 e. The number of aromatic nitrogens is 1. The van der Waals surface area contributed by atoms with Crippen molar-refractivity contribution in [3.8, 4) is 0 Å². The van der Waals surface area contributed by atoms with Gasteiger partial charge in [0.25, 0.3) is 0 Å². The van der Waals surface area contributed by atoms with Gasteiger partial charge in [-0.2, -0.15) is 0 Å². The van der Waals surface area contributed by atoms with Crippen LogP contribution >= 0.6 is 0 Å². The number of nitrogens with two attached hydrogens (primary N) is 1. The average Bonchev–Trinajstić information content (AvgIpc) is 2.44. The van der Waals surface area contributed by atoms with Crippen molar-refractivity contribution in [3.63, 3.8) is 0 Å². The van der Waals surface area contributed by atoms with Crippen molar-refractivity contribution in [2.75, 3.05) is 6.54 Å². The van der Waals surface area contributed by atoms with E-state index >= 15 is 0 Å². The first kappa shape index (κ1) is 13.6. The van der Waals surface area contributed by atoms with Crippen LogP contribution in [0.1, 0.15) is 23.1 Å². The Morgan fingerprint density at radius 2 is 1.84 bits per heavy atom. The van der Waals surface area contributed by atoms with Gasteiger partial charge in [0.2, 0.25) is 0 Å². The van der Waals surface area contributed by atoms with E-state index in [4.69, 9.17) is 5.73 Å². The molecule has 2 rings (SSSR count). The average molecular weight is 264 g/mol. The number of pyridine rings is 1. The number of rotatable bonds is 4. The SMILES string of the molecule is NCC(c1ccncc1)C(O)c1cccc(F)c1F. The molecule has 1 aromatic heterocycles. The van der Waals surface area contributed by atoms with Crippen LogP contribution in [0.15, 0.2) is 42.7 Å². The summed E-state index contributed by atoms with van der Waals surface area (Å²) in [7, 11) is 0. The van der Waals surface area contributed by atoms with E-state index in [-0.39, 0.29) is 12.1 Å². The summed E-state index contributed by atoms with van der Waals surface area (Å²) in [5.74, 6) is -2.54. The van der Waals surface area contributed by atoms with Crippen molar-refractivity contribution >= 4 is 0 Å². The molecular weight excluding hydrogens is 250 g/mol. The largest absolute Gasteiger partial charge is 0.388 e. The standard InChI is InChI=1S/C14H14F2N2O/c15-12-3-1-2-10(13(12)16)14(19)11(8-17)9-4-6-18-7-5-9/h1-7,11,14,19H,8,17H2. The molecule has 0 fully saturated rings. The minimum Gasteiger partial charge on any atom is -0.388 e. The fourth-order valence-corrected chi connectivity index (χ4v) is 2.02. The fourth-order valence-electron chi connectivity index (χ4n) is 2.02. The summed E-state index contributed by atoms with van der Waals surface area (Å²) in [5, 5.41) is 10.2. The quantitative estimate of drug-likeness (QED) is 0.889. The van der Waals surface area contributed by atoms with Gasteiger partial charge in [0.15, 0.2) is 11.6 Å². The highest BCUT2D eigenvalue weighted by Crippen LogP contribution is 2.31. The highest BCUT2D eigenvalue weighted by molar-refractivity contribution is 5.27. The predicted octanol–water partition coefficient (Wildman–Crippen LogP) is 2.14. The van der Waals surface area contributed by atoms with Gasteiger partial charge in [0, 0.05) is 30.4 Å². The summed E-state index contributed by atoms with van der Waals surface area (Å²) < 4.78 is 26.9. The molecule has 2 atom stereocenters. The summed E-state index contributed by atoms with van der Waals surface area (Å²) in [5.41, 5.74) is 6.27. The maximum absolute atomic E-state index is 13.7. The van der Waals surface area contributed by atoms with Crippen LogP contribution in [-0.2, 0) is 0 Å². The molecule has 0 aliphatic carbocycles. The zero-order chi connectivity index (χ0) is 13.8. The molecule has 0 bridgehead atoms. The Hall–Kier alpha value is -1.85. The van der Waals surface area contributed by atoms with E-state index in [9.17, 15) is 13.9 Å². The lowest BCUT2D eigenvalue weighted by molar-refractivity contribution is 0.142. The molecule has 0 aliphatic rings. The molecule has 19 heavy (non-hydrogen) atoms. The molecule has 3 N–H and O–H groups in total. The van der Waals surface area contributed by atoms with Crippen molar-refractivity contribution in [2.24, 2.45) is 5.73 Å². The van der Waals surface area contributed by atoms with Gasteiger partial charge in [0.05, 0.1) is 6.10 Å². The van der Waals surface area contributed by atoms with Crippen molar-refractivity contribution in [1.82, 2.24) is 4.98 Å². The second kappa shape index (κ2) is 5.86. The molecule has 0 saturated heterocycles. The number of aliphatic hydroxyl groups is 1. The van der Waals surface area contributed by atoms with Crippen molar-refractivity contribution in [3.05, 3.63) is 65.5 Å². The van der Waals surface area contributed by atoms with E-state index in [0.717, 1.165) is 11.6 Å². The Morgan fingerprint density at radius 3 is 2.47 bits per heavy atom. The van der Waals surface area contributed by atoms with Crippen LogP contribution in [0.25, 0.3) is 0 Å². The van der Waals surface area contributed by atoms with Crippen LogP contribution in [0.2, 0.25) is 0 Å². The van der Waals surface area contributed by atoms with Gasteiger partial charge in [-0.05, 0) is 23.8 Å². The van der Waals surface area contributed by atoms with E-state index in [1.165, 1.54) is 12.1 Å². The molecule has 0 aliphatic heterocycles. The predicted molar refractivity (Wildman–Crippen MR) is 67.4 cm³/mol. The Morgan fingerprint density at radius 1 is 1.16 bits per heavy atom. The first-order valence-corrected chi connectivity index (χ1v) is 5.87. The zero-order valence-corrected chi connectivity index (χ0v) is 10.1. The second-order valence-corrected chi connectivity index (χ2v) is 4.21.